The first kappa shape index (κ1) is 12.4. The lowest BCUT2D eigenvalue weighted by Gasteiger charge is -2.14. The molecular weight excluding hydrogens is 210 g/mol. The van der Waals surface area contributed by atoms with Gasteiger partial charge in [-0.25, -0.2) is 0 Å². The van der Waals surface area contributed by atoms with E-state index < -0.39 is 0 Å². The van der Waals surface area contributed by atoms with Crippen LogP contribution < -0.4 is 5.32 Å². The van der Waals surface area contributed by atoms with Gasteiger partial charge in [-0.05, 0) is 30.0 Å². The second-order valence-corrected chi connectivity index (χ2v) is 4.50. The van der Waals surface area contributed by atoms with Gasteiger partial charge in [0.15, 0.2) is 0 Å². The average Bonchev–Trinajstić information content (AvgIpc) is 2.28. The van der Waals surface area contributed by atoms with Gasteiger partial charge >= 0.3 is 0 Å². The fraction of sp³-hybridized carbons (Fsp3) is 0.455. The van der Waals surface area contributed by atoms with Crippen LogP contribution in [0.5, 0.6) is 0 Å². The number of thioether (sulfide) groups is 1. The maximum Gasteiger partial charge on any atom is 0.0723 e. The van der Waals surface area contributed by atoms with E-state index in [1.807, 2.05) is 24.3 Å². The van der Waals surface area contributed by atoms with Crippen LogP contribution in [0, 0.1) is 0 Å². The largest absolute Gasteiger partial charge is 0.394 e. The quantitative estimate of drug-likeness (QED) is 0.646. The molecule has 0 aliphatic heterocycles. The molecule has 0 fully saturated rings. The van der Waals surface area contributed by atoms with Gasteiger partial charge in [-0.1, -0.05) is 6.92 Å². The normalized spacial score (nSPS) is 10.7. The van der Waals surface area contributed by atoms with Crippen LogP contribution in [0.4, 0.5) is 5.69 Å². The van der Waals surface area contributed by atoms with E-state index in [9.17, 15) is 0 Å². The molecule has 0 aliphatic rings. The van der Waals surface area contributed by atoms with E-state index >= 15 is 0 Å². The van der Waals surface area contributed by atoms with Crippen molar-refractivity contribution in [2.75, 3.05) is 24.3 Å². The fourth-order valence-corrected chi connectivity index (χ4v) is 1.86. The first-order valence-electron chi connectivity index (χ1n) is 5.01. The number of aliphatic hydroxyl groups excluding tert-OH is 2. The first-order valence-corrected chi connectivity index (χ1v) is 5.99. The number of hydrogen-bond donors (Lipinski definition) is 3. The molecule has 4 heteroatoms. The Morgan fingerprint density at radius 3 is 2.27 bits per heavy atom. The zero-order valence-corrected chi connectivity index (χ0v) is 9.63. The highest BCUT2D eigenvalue weighted by atomic mass is 32.2. The molecule has 1 rings (SSSR count). The molecule has 0 saturated heterocycles. The van der Waals surface area contributed by atoms with E-state index in [0.29, 0.717) is 0 Å². The molecule has 0 radical (unpaired) electrons. The van der Waals surface area contributed by atoms with E-state index in [-0.39, 0.29) is 19.3 Å². The zero-order valence-electron chi connectivity index (χ0n) is 8.81. The maximum atomic E-state index is 8.90. The van der Waals surface area contributed by atoms with Gasteiger partial charge in [0.1, 0.15) is 0 Å². The predicted octanol–water partition coefficient (Wildman–Crippen LogP) is 1.56. The van der Waals surface area contributed by atoms with Gasteiger partial charge in [-0.3, -0.25) is 0 Å². The van der Waals surface area contributed by atoms with Crippen molar-refractivity contribution in [3.63, 3.8) is 0 Å². The van der Waals surface area contributed by atoms with E-state index in [4.69, 9.17) is 10.2 Å². The Kier molecular flexibility index (Phi) is 5.53. The SMILES string of the molecule is CCSc1ccc(NC(CO)CO)cc1. The number of anilines is 1. The molecule has 0 aromatic heterocycles. The van der Waals surface area contributed by atoms with Crippen molar-refractivity contribution in [2.24, 2.45) is 0 Å². The summed E-state index contributed by atoms with van der Waals surface area (Å²) in [4.78, 5) is 1.23. The fourth-order valence-electron chi connectivity index (χ4n) is 1.20. The highest BCUT2D eigenvalue weighted by molar-refractivity contribution is 7.99. The van der Waals surface area contributed by atoms with Crippen molar-refractivity contribution in [2.45, 2.75) is 17.9 Å². The number of rotatable bonds is 6. The maximum absolute atomic E-state index is 8.90. The minimum atomic E-state index is -0.283. The Bertz CT molecular complexity index is 272. The van der Waals surface area contributed by atoms with Gasteiger partial charge in [0.05, 0.1) is 19.3 Å². The summed E-state index contributed by atoms with van der Waals surface area (Å²) in [7, 11) is 0. The number of nitrogens with one attached hydrogen (secondary N) is 1. The molecule has 3 N–H and O–H groups in total. The van der Waals surface area contributed by atoms with Crippen LogP contribution in [0.2, 0.25) is 0 Å². The number of aliphatic hydroxyl groups is 2. The Labute approximate surface area is 94.5 Å². The summed E-state index contributed by atoms with van der Waals surface area (Å²) in [5.41, 5.74) is 0.920. The van der Waals surface area contributed by atoms with E-state index in [0.717, 1.165) is 11.4 Å². The molecule has 0 heterocycles. The van der Waals surface area contributed by atoms with Gasteiger partial charge in [-0.2, -0.15) is 0 Å². The highest BCUT2D eigenvalue weighted by Crippen LogP contribution is 2.19. The summed E-state index contributed by atoms with van der Waals surface area (Å²) in [6.07, 6.45) is 0. The molecule has 84 valence electrons. The molecule has 0 aliphatic carbocycles. The Hall–Kier alpha value is -0.710. The second kappa shape index (κ2) is 6.71. The zero-order chi connectivity index (χ0) is 11.1. The van der Waals surface area contributed by atoms with Crippen molar-refractivity contribution in [3.8, 4) is 0 Å². The second-order valence-electron chi connectivity index (χ2n) is 3.16. The molecule has 0 saturated carbocycles. The van der Waals surface area contributed by atoms with Crippen LogP contribution >= 0.6 is 11.8 Å². The Balaban J connectivity index is 2.55. The van der Waals surface area contributed by atoms with Gasteiger partial charge in [0, 0.05) is 10.6 Å². The lowest BCUT2D eigenvalue weighted by Crippen LogP contribution is -2.27. The summed E-state index contributed by atoms with van der Waals surface area (Å²) in [6.45, 7) is 1.98. The summed E-state index contributed by atoms with van der Waals surface area (Å²) in [5, 5.41) is 20.8. The first-order chi connectivity index (χ1) is 7.30. The van der Waals surface area contributed by atoms with Gasteiger partial charge in [-0.15, -0.1) is 11.8 Å². The molecule has 1 aromatic rings. The third kappa shape index (κ3) is 4.11. The van der Waals surface area contributed by atoms with Crippen LogP contribution in [0.15, 0.2) is 29.2 Å². The van der Waals surface area contributed by atoms with Gasteiger partial charge in [0.2, 0.25) is 0 Å². The van der Waals surface area contributed by atoms with Crippen molar-refractivity contribution in [1.82, 2.24) is 0 Å². The molecular formula is C11H17NO2S. The topological polar surface area (TPSA) is 52.5 Å². The van der Waals surface area contributed by atoms with Crippen LogP contribution in [0.25, 0.3) is 0 Å². The standard InChI is InChI=1S/C11H17NO2S/c1-2-15-11-5-3-9(4-6-11)12-10(7-13)8-14/h3-6,10,12-14H,2,7-8H2,1H3. The molecule has 0 spiro atoms. The smallest absolute Gasteiger partial charge is 0.0723 e. The summed E-state index contributed by atoms with van der Waals surface area (Å²) < 4.78 is 0. The molecule has 1 aromatic carbocycles. The van der Waals surface area contributed by atoms with E-state index in [1.165, 1.54) is 4.90 Å². The Morgan fingerprint density at radius 2 is 1.80 bits per heavy atom. The van der Waals surface area contributed by atoms with Crippen LogP contribution in [0.1, 0.15) is 6.92 Å². The van der Waals surface area contributed by atoms with E-state index in [2.05, 4.69) is 12.2 Å². The predicted molar refractivity (Wildman–Crippen MR) is 64.4 cm³/mol. The monoisotopic (exact) mass is 227 g/mol. The van der Waals surface area contributed by atoms with Crippen molar-refractivity contribution >= 4 is 17.4 Å². The third-order valence-corrected chi connectivity index (χ3v) is 2.87. The van der Waals surface area contributed by atoms with Crippen molar-refractivity contribution in [1.29, 1.82) is 0 Å². The van der Waals surface area contributed by atoms with Crippen molar-refractivity contribution < 1.29 is 10.2 Å². The van der Waals surface area contributed by atoms with Gasteiger partial charge < -0.3 is 15.5 Å². The van der Waals surface area contributed by atoms with Crippen molar-refractivity contribution in [3.05, 3.63) is 24.3 Å². The average molecular weight is 227 g/mol. The lowest BCUT2D eigenvalue weighted by atomic mass is 10.2. The van der Waals surface area contributed by atoms with Crippen LogP contribution in [0.3, 0.4) is 0 Å². The van der Waals surface area contributed by atoms with Crippen LogP contribution in [-0.2, 0) is 0 Å². The minimum Gasteiger partial charge on any atom is -0.394 e. The minimum absolute atomic E-state index is 0.0675. The van der Waals surface area contributed by atoms with Gasteiger partial charge in [0.25, 0.3) is 0 Å². The van der Waals surface area contributed by atoms with E-state index in [1.54, 1.807) is 11.8 Å². The molecule has 0 bridgehead atoms. The summed E-state index contributed by atoms with van der Waals surface area (Å²) in [5.74, 6) is 1.06. The highest BCUT2D eigenvalue weighted by Gasteiger charge is 2.04. The molecule has 0 amide bonds. The third-order valence-electron chi connectivity index (χ3n) is 1.98. The van der Waals surface area contributed by atoms with Crippen LogP contribution in [-0.4, -0.2) is 35.2 Å². The molecule has 15 heavy (non-hydrogen) atoms. The summed E-state index contributed by atoms with van der Waals surface area (Å²) >= 11 is 1.79. The molecule has 3 nitrogen and oxygen atoms in total. The number of benzene rings is 1. The Morgan fingerprint density at radius 1 is 1.20 bits per heavy atom. The lowest BCUT2D eigenvalue weighted by molar-refractivity contribution is 0.204. The summed E-state index contributed by atoms with van der Waals surface area (Å²) in [6, 6.07) is 7.69. The molecule has 0 unspecified atom stereocenters. The number of hydrogen-bond acceptors (Lipinski definition) is 4. The molecule has 0 atom stereocenters.